The van der Waals surface area contributed by atoms with Gasteiger partial charge in [0.15, 0.2) is 6.29 Å². The molecule has 1 aliphatic rings. The Balaban J connectivity index is 1.18. The second-order valence-electron chi connectivity index (χ2n) is 10.2. The van der Waals surface area contributed by atoms with Gasteiger partial charge >= 0.3 is 6.18 Å². The maximum absolute atomic E-state index is 14.8. The average molecular weight is 635 g/mol. The van der Waals surface area contributed by atoms with Gasteiger partial charge in [-0.15, -0.1) is 11.8 Å². The number of thioether (sulfide) groups is 1. The number of halogens is 5. The van der Waals surface area contributed by atoms with Crippen molar-refractivity contribution in [1.29, 1.82) is 0 Å². The van der Waals surface area contributed by atoms with Gasteiger partial charge in [-0.2, -0.15) is 18.3 Å². The van der Waals surface area contributed by atoms with Crippen LogP contribution in [-0.2, 0) is 27.8 Å². The molecule has 14 heteroatoms. The Labute approximate surface area is 253 Å². The lowest BCUT2D eigenvalue weighted by Crippen LogP contribution is -2.43. The fourth-order valence-corrected chi connectivity index (χ4v) is 6.05. The molecule has 5 rings (SSSR count). The van der Waals surface area contributed by atoms with Crippen LogP contribution in [0.25, 0.3) is 0 Å². The Bertz CT molecular complexity index is 1560. The van der Waals surface area contributed by atoms with Gasteiger partial charge in [0.1, 0.15) is 29.9 Å². The van der Waals surface area contributed by atoms with Crippen molar-refractivity contribution in [2.45, 2.75) is 42.0 Å². The lowest BCUT2D eigenvalue weighted by molar-refractivity contribution is -0.180. The molecule has 0 unspecified atom stereocenters. The van der Waals surface area contributed by atoms with Crippen LogP contribution in [0.5, 0.6) is 0 Å². The molecular formula is C30H27F5N4O4S. The maximum atomic E-state index is 14.8. The first-order valence-corrected chi connectivity index (χ1v) is 14.3. The fraction of sp³-hybridized carbons (Fsp3) is 0.300. The topological polar surface area (TPSA) is 98.5 Å². The molecule has 1 aliphatic heterocycles. The number of benzene rings is 3. The number of alkyl halides is 3. The monoisotopic (exact) mass is 634 g/mol. The van der Waals surface area contributed by atoms with Crippen molar-refractivity contribution in [3.63, 3.8) is 0 Å². The van der Waals surface area contributed by atoms with Gasteiger partial charge in [0.25, 0.3) is 5.91 Å². The molecule has 44 heavy (non-hydrogen) atoms. The van der Waals surface area contributed by atoms with E-state index < -0.39 is 46.4 Å². The predicted molar refractivity (Wildman–Crippen MR) is 152 cm³/mol. The molecule has 8 nitrogen and oxygen atoms in total. The highest BCUT2D eigenvalue weighted by Gasteiger charge is 2.41. The number of aromatic nitrogens is 3. The Kier molecular flexibility index (Phi) is 9.34. The quantitative estimate of drug-likeness (QED) is 0.220. The van der Waals surface area contributed by atoms with E-state index in [4.69, 9.17) is 9.47 Å². The van der Waals surface area contributed by atoms with Crippen molar-refractivity contribution in [1.82, 2.24) is 14.8 Å². The van der Waals surface area contributed by atoms with Crippen molar-refractivity contribution in [2.24, 2.45) is 0 Å². The molecule has 232 valence electrons. The number of nitrogens with one attached hydrogen (secondary N) is 1. The molecule has 3 aromatic carbocycles. The molecule has 1 saturated heterocycles. The summed E-state index contributed by atoms with van der Waals surface area (Å²) in [5, 5.41) is 17.5. The van der Waals surface area contributed by atoms with Crippen LogP contribution in [0.3, 0.4) is 0 Å². The van der Waals surface area contributed by atoms with Gasteiger partial charge in [0.2, 0.25) is 0 Å². The van der Waals surface area contributed by atoms with Crippen LogP contribution in [0.2, 0.25) is 0 Å². The minimum atomic E-state index is -4.47. The van der Waals surface area contributed by atoms with Gasteiger partial charge in [0.05, 0.1) is 30.6 Å². The standard InChI is InChI=1S/C30H27F5N4O4S/c1-18(29(41,15-39-17-36-16-37-39)25-11-8-22(31)12-26(25)32)44-24-13-42-28(43-14-24)20-4-2-19(3-5-20)27(40)38-23-9-6-21(7-10-23)30(33,34)35/h2-12,16-18,24,28,41H,13-15H2,1H3,(H,38,40)/t18-,24-,28-,29-/m1/s1. The molecule has 2 heterocycles. The molecule has 4 aromatic rings. The highest BCUT2D eigenvalue weighted by molar-refractivity contribution is 8.00. The number of hydrogen-bond acceptors (Lipinski definition) is 7. The summed E-state index contributed by atoms with van der Waals surface area (Å²) in [7, 11) is 0. The number of carbonyl (C=O) groups excluding carboxylic acids is 1. The van der Waals surface area contributed by atoms with Crippen molar-refractivity contribution in [3.05, 3.63) is 113 Å². The average Bonchev–Trinajstić information content (AvgIpc) is 3.50. The van der Waals surface area contributed by atoms with Gasteiger partial charge in [0, 0.05) is 33.7 Å². The van der Waals surface area contributed by atoms with E-state index in [1.54, 1.807) is 31.2 Å². The zero-order valence-electron chi connectivity index (χ0n) is 23.2. The number of hydrogen-bond donors (Lipinski definition) is 2. The molecule has 2 atom stereocenters. The van der Waals surface area contributed by atoms with Crippen LogP contribution in [0.15, 0.2) is 79.4 Å². The lowest BCUT2D eigenvalue weighted by atomic mass is 9.90. The van der Waals surface area contributed by atoms with E-state index in [1.165, 1.54) is 47.3 Å². The van der Waals surface area contributed by atoms with Crippen LogP contribution in [0.4, 0.5) is 27.6 Å². The Morgan fingerprint density at radius 2 is 1.75 bits per heavy atom. The third-order valence-electron chi connectivity index (χ3n) is 7.12. The summed E-state index contributed by atoms with van der Waals surface area (Å²) in [5.74, 6) is -2.14. The van der Waals surface area contributed by atoms with E-state index >= 15 is 0 Å². The summed E-state index contributed by atoms with van der Waals surface area (Å²) >= 11 is 1.33. The first kappa shape index (κ1) is 31.6. The summed E-state index contributed by atoms with van der Waals surface area (Å²) in [5.41, 5.74) is -1.52. The molecule has 0 radical (unpaired) electrons. The van der Waals surface area contributed by atoms with Crippen molar-refractivity contribution in [3.8, 4) is 0 Å². The second kappa shape index (κ2) is 13.0. The number of anilines is 1. The van der Waals surface area contributed by atoms with Gasteiger partial charge in [-0.05, 0) is 42.5 Å². The fourth-order valence-electron chi connectivity index (χ4n) is 4.73. The molecule has 0 spiro atoms. The van der Waals surface area contributed by atoms with Crippen LogP contribution >= 0.6 is 11.8 Å². The van der Waals surface area contributed by atoms with E-state index in [1.807, 2.05) is 0 Å². The smallest absolute Gasteiger partial charge is 0.382 e. The maximum Gasteiger partial charge on any atom is 0.416 e. The minimum Gasteiger partial charge on any atom is -0.382 e. The van der Waals surface area contributed by atoms with E-state index in [0.717, 1.165) is 24.3 Å². The SMILES string of the molecule is C[C@@H](S[C@H]1CO[C@H](c2ccc(C(=O)Nc3ccc(C(F)(F)F)cc3)cc2)OC1)[C@](O)(Cn1cncn1)c1ccc(F)cc1F. The summed E-state index contributed by atoms with van der Waals surface area (Å²) in [6.07, 6.45) is -2.51. The van der Waals surface area contributed by atoms with Crippen LogP contribution in [0, 0.1) is 11.6 Å². The number of rotatable bonds is 9. The van der Waals surface area contributed by atoms with Crippen LogP contribution in [-0.4, -0.2) is 49.5 Å². The first-order valence-electron chi connectivity index (χ1n) is 13.4. The highest BCUT2D eigenvalue weighted by atomic mass is 32.2. The van der Waals surface area contributed by atoms with Gasteiger partial charge < -0.3 is 19.9 Å². The lowest BCUT2D eigenvalue weighted by Gasteiger charge is -2.37. The third kappa shape index (κ3) is 7.26. The van der Waals surface area contributed by atoms with E-state index in [-0.39, 0.29) is 41.8 Å². The number of ether oxygens (including phenoxy) is 2. The van der Waals surface area contributed by atoms with Crippen LogP contribution < -0.4 is 5.32 Å². The molecule has 1 amide bonds. The summed E-state index contributed by atoms with van der Waals surface area (Å²) in [6.45, 7) is 2.08. The Morgan fingerprint density at radius 1 is 1.07 bits per heavy atom. The zero-order chi connectivity index (χ0) is 31.5. The highest BCUT2D eigenvalue weighted by Crippen LogP contribution is 2.39. The summed E-state index contributed by atoms with van der Waals surface area (Å²) in [6, 6.07) is 13.6. The van der Waals surface area contributed by atoms with Crippen molar-refractivity contribution >= 4 is 23.4 Å². The number of nitrogens with zero attached hydrogens (tertiary/aromatic N) is 3. The van der Waals surface area contributed by atoms with E-state index in [2.05, 4.69) is 15.4 Å². The van der Waals surface area contributed by atoms with E-state index in [0.29, 0.717) is 5.56 Å². The van der Waals surface area contributed by atoms with Gasteiger partial charge in [-0.1, -0.05) is 25.1 Å². The van der Waals surface area contributed by atoms with Gasteiger partial charge in [-0.25, -0.2) is 18.4 Å². The van der Waals surface area contributed by atoms with Crippen molar-refractivity contribution in [2.75, 3.05) is 18.5 Å². The van der Waals surface area contributed by atoms with E-state index in [9.17, 15) is 31.9 Å². The predicted octanol–water partition coefficient (Wildman–Crippen LogP) is 5.95. The number of carbonyl (C=O) groups is 1. The summed E-state index contributed by atoms with van der Waals surface area (Å²) < 4.78 is 79.9. The molecule has 1 aromatic heterocycles. The molecule has 2 N–H and O–H groups in total. The summed E-state index contributed by atoms with van der Waals surface area (Å²) in [4.78, 5) is 16.5. The third-order valence-corrected chi connectivity index (χ3v) is 8.57. The Hall–Kier alpha value is -3.85. The van der Waals surface area contributed by atoms with Gasteiger partial charge in [-0.3, -0.25) is 4.79 Å². The molecule has 1 fully saturated rings. The van der Waals surface area contributed by atoms with Crippen molar-refractivity contribution < 1.29 is 41.3 Å². The molecular weight excluding hydrogens is 607 g/mol. The molecule has 0 bridgehead atoms. The zero-order valence-corrected chi connectivity index (χ0v) is 24.0. The second-order valence-corrected chi connectivity index (χ2v) is 11.8. The minimum absolute atomic E-state index is 0.0765. The molecule has 0 saturated carbocycles. The number of aliphatic hydroxyl groups is 1. The Morgan fingerprint density at radius 3 is 2.34 bits per heavy atom. The van der Waals surface area contributed by atoms with Crippen LogP contribution in [0.1, 0.15) is 40.3 Å². The normalized spacial score (nSPS) is 19.2. The number of amides is 1. The largest absolute Gasteiger partial charge is 0.416 e. The molecule has 0 aliphatic carbocycles. The first-order chi connectivity index (χ1) is 20.9.